The lowest BCUT2D eigenvalue weighted by molar-refractivity contribution is 0.0777. The van der Waals surface area contributed by atoms with Crippen LogP contribution in [-0.4, -0.2) is 37.4 Å². The van der Waals surface area contributed by atoms with Crippen molar-refractivity contribution in [1.82, 2.24) is 24.5 Å². The number of carbonyl (C=O) groups is 1. The van der Waals surface area contributed by atoms with Gasteiger partial charge in [0.15, 0.2) is 12.4 Å². The molecule has 2 aromatic carbocycles. The van der Waals surface area contributed by atoms with Gasteiger partial charge in [0, 0.05) is 32.2 Å². The number of hydrogen-bond donors (Lipinski definition) is 0. The van der Waals surface area contributed by atoms with Gasteiger partial charge in [0.1, 0.15) is 5.75 Å². The molecule has 4 rings (SSSR count). The molecule has 0 saturated heterocycles. The summed E-state index contributed by atoms with van der Waals surface area (Å²) >= 11 is 0. The van der Waals surface area contributed by atoms with Crippen LogP contribution in [0.3, 0.4) is 0 Å². The Labute approximate surface area is 194 Å². The van der Waals surface area contributed by atoms with Crippen LogP contribution in [0.2, 0.25) is 0 Å². The number of ether oxygens (including phenoxy) is 1. The Kier molecular flexibility index (Phi) is 6.31. The van der Waals surface area contributed by atoms with Crippen molar-refractivity contribution in [2.75, 3.05) is 7.05 Å². The number of aromatic nitrogens is 4. The molecule has 0 spiro atoms. The zero-order valence-corrected chi connectivity index (χ0v) is 19.5. The van der Waals surface area contributed by atoms with Crippen LogP contribution in [-0.2, 0) is 18.7 Å². The molecule has 170 valence electrons. The molecule has 33 heavy (non-hydrogen) atoms. The Morgan fingerprint density at radius 3 is 2.36 bits per heavy atom. The number of nitrogens with zero attached hydrogens (tertiary/aromatic N) is 5. The molecule has 0 aliphatic carbocycles. The second-order valence-corrected chi connectivity index (χ2v) is 9.07. The van der Waals surface area contributed by atoms with Gasteiger partial charge >= 0.3 is 0 Å². The van der Waals surface area contributed by atoms with Crippen LogP contribution in [0.25, 0.3) is 5.69 Å². The van der Waals surface area contributed by atoms with Crippen LogP contribution in [0.5, 0.6) is 5.75 Å². The summed E-state index contributed by atoms with van der Waals surface area (Å²) in [5.74, 6) is 0.626. The fourth-order valence-corrected chi connectivity index (χ4v) is 3.46. The molecular formula is C26H29N5O2. The van der Waals surface area contributed by atoms with Crippen LogP contribution in [0.1, 0.15) is 42.4 Å². The summed E-state index contributed by atoms with van der Waals surface area (Å²) in [5.41, 5.74) is 3.75. The van der Waals surface area contributed by atoms with Gasteiger partial charge in [-0.05, 0) is 52.9 Å². The molecule has 0 N–H and O–H groups in total. The van der Waals surface area contributed by atoms with Gasteiger partial charge in [0.05, 0.1) is 5.69 Å². The van der Waals surface area contributed by atoms with Crippen molar-refractivity contribution >= 4 is 5.91 Å². The number of rotatable bonds is 7. The van der Waals surface area contributed by atoms with Gasteiger partial charge in [0.25, 0.3) is 5.91 Å². The van der Waals surface area contributed by atoms with Crippen LogP contribution < -0.4 is 4.74 Å². The van der Waals surface area contributed by atoms with E-state index < -0.39 is 0 Å². The van der Waals surface area contributed by atoms with Gasteiger partial charge in [0.2, 0.25) is 0 Å². The third-order valence-corrected chi connectivity index (χ3v) is 5.42. The van der Waals surface area contributed by atoms with E-state index in [0.29, 0.717) is 12.2 Å². The Morgan fingerprint density at radius 2 is 1.73 bits per heavy atom. The van der Waals surface area contributed by atoms with Gasteiger partial charge in [-0.1, -0.05) is 45.0 Å². The molecule has 0 bridgehead atoms. The minimum absolute atomic E-state index is 0.101. The Balaban J connectivity index is 1.32. The molecule has 0 aliphatic rings. The first-order valence-electron chi connectivity index (χ1n) is 10.9. The highest BCUT2D eigenvalue weighted by Crippen LogP contribution is 2.24. The number of hydrogen-bond acceptors (Lipinski definition) is 4. The Bertz CT molecular complexity index is 1190. The second-order valence-electron chi connectivity index (χ2n) is 9.07. The second kappa shape index (κ2) is 9.32. The first kappa shape index (κ1) is 22.3. The first-order valence-corrected chi connectivity index (χ1v) is 10.9. The van der Waals surface area contributed by atoms with Crippen molar-refractivity contribution in [3.63, 3.8) is 0 Å². The molecule has 1 amide bonds. The molecule has 0 unspecified atom stereocenters. The molecule has 4 aromatic rings. The summed E-state index contributed by atoms with van der Waals surface area (Å²) in [6.07, 6.45) is 5.39. The van der Waals surface area contributed by atoms with E-state index in [-0.39, 0.29) is 18.1 Å². The van der Waals surface area contributed by atoms with Crippen molar-refractivity contribution in [3.05, 3.63) is 96.1 Å². The van der Waals surface area contributed by atoms with E-state index in [9.17, 15) is 4.79 Å². The van der Waals surface area contributed by atoms with E-state index in [4.69, 9.17) is 4.74 Å². The maximum absolute atomic E-state index is 12.8. The molecule has 0 atom stereocenters. The molecule has 7 heteroatoms. The zero-order valence-electron chi connectivity index (χ0n) is 19.5. The lowest BCUT2D eigenvalue weighted by Gasteiger charge is -2.19. The molecule has 0 radical (unpaired) electrons. The summed E-state index contributed by atoms with van der Waals surface area (Å²) in [7, 11) is 1.77. The van der Waals surface area contributed by atoms with Crippen LogP contribution in [0, 0.1) is 0 Å². The van der Waals surface area contributed by atoms with Crippen molar-refractivity contribution in [3.8, 4) is 11.4 Å². The third kappa shape index (κ3) is 5.49. The highest BCUT2D eigenvalue weighted by Gasteiger charge is 2.16. The zero-order chi connectivity index (χ0) is 23.4. The van der Waals surface area contributed by atoms with Gasteiger partial charge < -0.3 is 9.64 Å². The maximum Gasteiger partial charge on any atom is 0.274 e. The number of carbonyl (C=O) groups excluding carboxylic acids is 1. The van der Waals surface area contributed by atoms with E-state index in [1.165, 1.54) is 5.56 Å². The van der Waals surface area contributed by atoms with E-state index in [1.54, 1.807) is 39.8 Å². The first-order chi connectivity index (χ1) is 15.8. The standard InChI is InChI=1S/C26H29N5O2/c1-26(2,3)21-8-12-23(13-9-21)33-19-30-17-14-24(28-30)25(32)29(4)18-20-6-10-22(11-7-20)31-16-5-15-27-31/h5-17H,18-19H2,1-4H3. The lowest BCUT2D eigenvalue weighted by atomic mass is 9.87. The summed E-state index contributed by atoms with van der Waals surface area (Å²) in [4.78, 5) is 14.5. The predicted octanol–water partition coefficient (Wildman–Crippen LogP) is 4.68. The average Bonchev–Trinajstić information content (AvgIpc) is 3.50. The topological polar surface area (TPSA) is 65.2 Å². The molecule has 0 fully saturated rings. The predicted molar refractivity (Wildman–Crippen MR) is 127 cm³/mol. The number of benzene rings is 2. The summed E-state index contributed by atoms with van der Waals surface area (Å²) in [6, 6.07) is 19.6. The highest BCUT2D eigenvalue weighted by molar-refractivity contribution is 5.91. The van der Waals surface area contributed by atoms with Gasteiger partial charge in [-0.15, -0.1) is 0 Å². The van der Waals surface area contributed by atoms with Crippen molar-refractivity contribution in [2.24, 2.45) is 0 Å². The average molecular weight is 444 g/mol. The maximum atomic E-state index is 12.8. The molecule has 0 aliphatic heterocycles. The number of amides is 1. The van der Waals surface area contributed by atoms with Gasteiger partial charge in [-0.3, -0.25) is 4.79 Å². The molecular weight excluding hydrogens is 414 g/mol. The molecule has 2 heterocycles. The summed E-state index contributed by atoms with van der Waals surface area (Å²) in [6.45, 7) is 7.26. The largest absolute Gasteiger partial charge is 0.471 e. The van der Waals surface area contributed by atoms with Crippen molar-refractivity contribution < 1.29 is 9.53 Å². The van der Waals surface area contributed by atoms with E-state index in [2.05, 4.69) is 43.1 Å². The van der Waals surface area contributed by atoms with Crippen LogP contribution in [0.15, 0.2) is 79.3 Å². The minimum Gasteiger partial charge on any atom is -0.471 e. The third-order valence-electron chi connectivity index (χ3n) is 5.42. The Hall–Kier alpha value is -3.87. The Morgan fingerprint density at radius 1 is 1.00 bits per heavy atom. The smallest absolute Gasteiger partial charge is 0.274 e. The van der Waals surface area contributed by atoms with E-state index in [0.717, 1.165) is 17.0 Å². The lowest BCUT2D eigenvalue weighted by Crippen LogP contribution is -2.26. The van der Waals surface area contributed by atoms with Gasteiger partial charge in [-0.2, -0.15) is 10.2 Å². The fourth-order valence-electron chi connectivity index (χ4n) is 3.46. The van der Waals surface area contributed by atoms with Crippen molar-refractivity contribution in [2.45, 2.75) is 39.5 Å². The van der Waals surface area contributed by atoms with Crippen LogP contribution >= 0.6 is 0 Å². The summed E-state index contributed by atoms with van der Waals surface area (Å²) < 4.78 is 9.24. The van der Waals surface area contributed by atoms with Crippen molar-refractivity contribution in [1.29, 1.82) is 0 Å². The van der Waals surface area contributed by atoms with Gasteiger partial charge in [-0.25, -0.2) is 9.36 Å². The summed E-state index contributed by atoms with van der Waals surface area (Å²) in [5, 5.41) is 8.61. The fraction of sp³-hybridized carbons (Fsp3) is 0.269. The van der Waals surface area contributed by atoms with E-state index in [1.807, 2.05) is 48.7 Å². The molecule has 0 saturated carbocycles. The SMILES string of the molecule is CN(Cc1ccc(-n2cccn2)cc1)C(=O)c1ccn(COc2ccc(C(C)(C)C)cc2)n1. The highest BCUT2D eigenvalue weighted by atomic mass is 16.5. The molecule has 2 aromatic heterocycles. The van der Waals surface area contributed by atoms with E-state index >= 15 is 0 Å². The quantitative estimate of drug-likeness (QED) is 0.416. The molecule has 7 nitrogen and oxygen atoms in total. The van der Waals surface area contributed by atoms with Crippen LogP contribution in [0.4, 0.5) is 0 Å². The monoisotopic (exact) mass is 443 g/mol. The normalized spacial score (nSPS) is 11.4. The minimum atomic E-state index is -0.139.